The molecule has 0 atom stereocenters. The third kappa shape index (κ3) is 4.38. The van der Waals surface area contributed by atoms with Crippen LogP contribution in [0.2, 0.25) is 0 Å². The number of pyridine rings is 1. The summed E-state index contributed by atoms with van der Waals surface area (Å²) in [4.78, 5) is 17.5. The van der Waals surface area contributed by atoms with Crippen molar-refractivity contribution in [1.29, 1.82) is 0 Å². The summed E-state index contributed by atoms with van der Waals surface area (Å²) in [5.41, 5.74) is 0.144. The molecule has 5 nitrogen and oxygen atoms in total. The number of para-hydroxylation sites is 1. The summed E-state index contributed by atoms with van der Waals surface area (Å²) in [6, 6.07) is 8.17. The van der Waals surface area contributed by atoms with Gasteiger partial charge < -0.3 is 20.2 Å². The number of rotatable bonds is 5. The number of carbonyl (C=O) groups excluding carboxylic acids is 1. The number of alkyl halides is 3. The molecule has 3 aromatic rings. The van der Waals surface area contributed by atoms with Crippen molar-refractivity contribution in [3.8, 4) is 0 Å². The van der Waals surface area contributed by atoms with E-state index in [-0.39, 0.29) is 35.2 Å². The van der Waals surface area contributed by atoms with E-state index in [1.807, 2.05) is 30.5 Å². The molecule has 0 fully saturated rings. The van der Waals surface area contributed by atoms with Crippen LogP contribution in [-0.2, 0) is 12.6 Å². The van der Waals surface area contributed by atoms with Crippen LogP contribution in [0.4, 0.5) is 18.9 Å². The first-order valence-corrected chi connectivity index (χ1v) is 7.43. The van der Waals surface area contributed by atoms with Gasteiger partial charge in [0.05, 0.1) is 17.9 Å². The molecule has 0 bridgehead atoms. The number of halogens is 3. The van der Waals surface area contributed by atoms with E-state index >= 15 is 0 Å². The first-order chi connectivity index (χ1) is 11.9. The number of carboxylic acids is 1. The number of aromatic amines is 1. The van der Waals surface area contributed by atoms with E-state index in [9.17, 15) is 23.1 Å². The molecule has 0 spiro atoms. The van der Waals surface area contributed by atoms with Gasteiger partial charge >= 0.3 is 35.7 Å². The molecular weight excluding hydrogens is 358 g/mol. The second-order valence-corrected chi connectivity index (χ2v) is 5.44. The quantitative estimate of drug-likeness (QED) is 0.599. The summed E-state index contributed by atoms with van der Waals surface area (Å²) in [5.74, 6) is -1.69. The fourth-order valence-electron chi connectivity index (χ4n) is 2.59. The van der Waals surface area contributed by atoms with Gasteiger partial charge in [0, 0.05) is 29.2 Å². The minimum Gasteiger partial charge on any atom is -0.545 e. The molecular formula is C17H13F3N3NaO2. The van der Waals surface area contributed by atoms with Gasteiger partial charge in [0.1, 0.15) is 5.69 Å². The Balaban J connectivity index is 0.00000243. The molecule has 0 aliphatic heterocycles. The van der Waals surface area contributed by atoms with E-state index in [1.54, 1.807) is 0 Å². The van der Waals surface area contributed by atoms with E-state index in [4.69, 9.17) is 0 Å². The molecule has 3 rings (SSSR count). The zero-order chi connectivity index (χ0) is 18.0. The number of carbonyl (C=O) groups is 1. The maximum Gasteiger partial charge on any atom is 1.00 e. The number of nitrogens with one attached hydrogen (secondary N) is 2. The second-order valence-electron chi connectivity index (χ2n) is 5.44. The Morgan fingerprint density at radius 2 is 2.00 bits per heavy atom. The molecule has 0 aliphatic carbocycles. The summed E-state index contributed by atoms with van der Waals surface area (Å²) >= 11 is 0. The van der Waals surface area contributed by atoms with Gasteiger partial charge in [-0.2, -0.15) is 13.2 Å². The second kappa shape index (κ2) is 8.11. The standard InChI is InChI=1S/C17H14F3N3O2.Na/c18-17(19,20)15-7-12(16(24)25)14(9-23-15)21-6-5-10-8-22-13-4-2-1-3-11(10)13;/h1-4,7-9,21-22H,5-6H2,(H,24,25);/q;+1/p-1. The van der Waals surface area contributed by atoms with Crippen molar-refractivity contribution in [3.05, 3.63) is 59.5 Å². The van der Waals surface area contributed by atoms with Gasteiger partial charge in [0.15, 0.2) is 0 Å². The molecule has 0 radical (unpaired) electrons. The normalized spacial score (nSPS) is 11.2. The first kappa shape index (κ1) is 20.3. The van der Waals surface area contributed by atoms with Crippen LogP contribution < -0.4 is 40.0 Å². The Bertz CT molecular complexity index is 925. The number of carboxylic acid groups (broad SMARTS) is 1. The average molecular weight is 371 g/mol. The number of hydrogen-bond acceptors (Lipinski definition) is 4. The van der Waals surface area contributed by atoms with Crippen LogP contribution in [0.3, 0.4) is 0 Å². The third-order valence-corrected chi connectivity index (χ3v) is 3.80. The fraction of sp³-hybridized carbons (Fsp3) is 0.176. The van der Waals surface area contributed by atoms with Crippen LogP contribution >= 0.6 is 0 Å². The van der Waals surface area contributed by atoms with Crippen molar-refractivity contribution in [3.63, 3.8) is 0 Å². The fourth-order valence-corrected chi connectivity index (χ4v) is 2.59. The summed E-state index contributed by atoms with van der Waals surface area (Å²) < 4.78 is 37.9. The van der Waals surface area contributed by atoms with Crippen LogP contribution in [0.25, 0.3) is 10.9 Å². The molecule has 0 saturated carbocycles. The predicted octanol–water partition coefficient (Wildman–Crippen LogP) is -0.396. The van der Waals surface area contributed by atoms with Gasteiger partial charge in [-0.15, -0.1) is 0 Å². The number of aromatic nitrogens is 2. The maximum atomic E-state index is 12.6. The molecule has 9 heteroatoms. The van der Waals surface area contributed by atoms with Crippen molar-refractivity contribution in [2.45, 2.75) is 12.6 Å². The van der Waals surface area contributed by atoms with Crippen LogP contribution in [0.5, 0.6) is 0 Å². The smallest absolute Gasteiger partial charge is 0.545 e. The Morgan fingerprint density at radius 1 is 1.27 bits per heavy atom. The number of hydrogen-bond donors (Lipinski definition) is 2. The topological polar surface area (TPSA) is 80.8 Å². The van der Waals surface area contributed by atoms with Crippen molar-refractivity contribution < 1.29 is 52.6 Å². The number of aromatic carboxylic acids is 1. The van der Waals surface area contributed by atoms with Crippen LogP contribution in [0.15, 0.2) is 42.7 Å². The molecule has 2 heterocycles. The largest absolute Gasteiger partial charge is 1.00 e. The van der Waals surface area contributed by atoms with Gasteiger partial charge in [-0.1, -0.05) is 18.2 Å². The van der Waals surface area contributed by atoms with E-state index in [0.29, 0.717) is 19.0 Å². The zero-order valence-corrected chi connectivity index (χ0v) is 15.9. The summed E-state index contributed by atoms with van der Waals surface area (Å²) in [7, 11) is 0. The van der Waals surface area contributed by atoms with Crippen LogP contribution in [0, 0.1) is 0 Å². The van der Waals surface area contributed by atoms with E-state index in [2.05, 4.69) is 15.3 Å². The van der Waals surface area contributed by atoms with E-state index < -0.39 is 23.4 Å². The average Bonchev–Trinajstić information content (AvgIpc) is 2.97. The summed E-state index contributed by atoms with van der Waals surface area (Å²) in [6.45, 7) is 0.329. The van der Waals surface area contributed by atoms with E-state index in [1.165, 1.54) is 0 Å². The first-order valence-electron chi connectivity index (χ1n) is 7.43. The molecule has 26 heavy (non-hydrogen) atoms. The third-order valence-electron chi connectivity index (χ3n) is 3.80. The van der Waals surface area contributed by atoms with Crippen molar-refractivity contribution >= 4 is 22.6 Å². The van der Waals surface area contributed by atoms with Crippen molar-refractivity contribution in [2.24, 2.45) is 0 Å². The molecule has 2 aromatic heterocycles. The molecule has 130 valence electrons. The monoisotopic (exact) mass is 371 g/mol. The molecule has 2 N–H and O–H groups in total. The number of H-pyrrole nitrogens is 1. The van der Waals surface area contributed by atoms with Crippen molar-refractivity contribution in [1.82, 2.24) is 9.97 Å². The Kier molecular flexibility index (Phi) is 6.33. The molecule has 0 amide bonds. The number of fused-ring (bicyclic) bond motifs is 1. The molecule has 1 aromatic carbocycles. The number of nitrogens with zero attached hydrogens (tertiary/aromatic N) is 1. The minimum absolute atomic E-state index is 0. The predicted molar refractivity (Wildman–Crippen MR) is 84.1 cm³/mol. The van der Waals surface area contributed by atoms with Gasteiger partial charge in [-0.25, -0.2) is 4.98 Å². The Morgan fingerprint density at radius 3 is 2.69 bits per heavy atom. The minimum atomic E-state index is -4.72. The van der Waals surface area contributed by atoms with Crippen LogP contribution in [-0.4, -0.2) is 22.5 Å². The number of anilines is 1. The Hall–Kier alpha value is -2.03. The molecule has 0 unspecified atom stereocenters. The van der Waals surface area contributed by atoms with Gasteiger partial charge in [-0.05, 0) is 24.1 Å². The van der Waals surface area contributed by atoms with Gasteiger partial charge in [0.2, 0.25) is 0 Å². The van der Waals surface area contributed by atoms with Crippen LogP contribution in [0.1, 0.15) is 21.6 Å². The Labute approximate surface area is 168 Å². The number of benzene rings is 1. The maximum absolute atomic E-state index is 12.6. The van der Waals surface area contributed by atoms with Gasteiger partial charge in [-0.3, -0.25) is 0 Å². The zero-order valence-electron chi connectivity index (χ0n) is 13.9. The SMILES string of the molecule is O=C([O-])c1cc(C(F)(F)F)ncc1NCCc1c[nH]c2ccccc12.[Na+]. The summed E-state index contributed by atoms with van der Waals surface area (Å²) in [6.07, 6.45) is -1.45. The summed E-state index contributed by atoms with van der Waals surface area (Å²) in [5, 5.41) is 15.0. The molecule has 0 aliphatic rings. The van der Waals surface area contributed by atoms with Gasteiger partial charge in [0.25, 0.3) is 0 Å². The van der Waals surface area contributed by atoms with E-state index in [0.717, 1.165) is 22.7 Å². The molecule has 0 saturated heterocycles. The van der Waals surface area contributed by atoms with Crippen molar-refractivity contribution in [2.75, 3.05) is 11.9 Å².